The highest BCUT2D eigenvalue weighted by atomic mass is 32.2. The third kappa shape index (κ3) is 4.78. The number of hydrogen-bond acceptors (Lipinski definition) is 2. The Morgan fingerprint density at radius 3 is 2.11 bits per heavy atom. The molecule has 1 aromatic carbocycles. The molecule has 3 nitrogen and oxygen atoms in total. The van der Waals surface area contributed by atoms with Gasteiger partial charge in [-0.2, -0.15) is 0 Å². The van der Waals surface area contributed by atoms with Gasteiger partial charge in [-0.15, -0.1) is 0 Å². The van der Waals surface area contributed by atoms with Gasteiger partial charge in [-0.05, 0) is 23.0 Å². The first-order chi connectivity index (χ1) is 8.24. The summed E-state index contributed by atoms with van der Waals surface area (Å²) in [6.07, 6.45) is 0.637. The molecule has 18 heavy (non-hydrogen) atoms. The van der Waals surface area contributed by atoms with Crippen LogP contribution in [-0.2, 0) is 22.0 Å². The summed E-state index contributed by atoms with van der Waals surface area (Å²) in [5.74, 6) is 0.188. The Hall–Kier alpha value is -0.870. The Morgan fingerprint density at radius 1 is 1.11 bits per heavy atom. The molecule has 0 fully saturated rings. The van der Waals surface area contributed by atoms with Gasteiger partial charge in [0.15, 0.2) is 0 Å². The largest absolute Gasteiger partial charge is 0.212 e. The molecule has 0 aliphatic heterocycles. The highest BCUT2D eigenvalue weighted by Crippen LogP contribution is 2.22. The molecule has 0 bridgehead atoms. The lowest BCUT2D eigenvalue weighted by molar-refractivity contribution is 0.579. The normalized spacial score (nSPS) is 12.7. The SMILES string of the molecule is CCCS(=O)(=O)NCc1ccc(C(C)(C)C)cc1. The van der Waals surface area contributed by atoms with E-state index in [2.05, 4.69) is 37.6 Å². The molecular weight excluding hydrogens is 246 g/mol. The molecule has 0 heterocycles. The monoisotopic (exact) mass is 269 g/mol. The zero-order valence-electron chi connectivity index (χ0n) is 11.7. The molecule has 0 spiro atoms. The lowest BCUT2D eigenvalue weighted by Gasteiger charge is -2.19. The Balaban J connectivity index is 2.65. The van der Waals surface area contributed by atoms with E-state index in [4.69, 9.17) is 0 Å². The topological polar surface area (TPSA) is 46.2 Å². The van der Waals surface area contributed by atoms with Crippen molar-refractivity contribution in [2.24, 2.45) is 0 Å². The van der Waals surface area contributed by atoms with E-state index in [1.54, 1.807) is 0 Å². The van der Waals surface area contributed by atoms with Crippen LogP contribution in [0.3, 0.4) is 0 Å². The Kier molecular flexibility index (Phi) is 4.93. The molecule has 1 rings (SSSR count). The first-order valence-corrected chi connectivity index (χ1v) is 7.96. The number of benzene rings is 1. The molecule has 4 heteroatoms. The van der Waals surface area contributed by atoms with Gasteiger partial charge in [0.1, 0.15) is 0 Å². The van der Waals surface area contributed by atoms with Gasteiger partial charge in [0.05, 0.1) is 5.75 Å². The predicted octanol–water partition coefficient (Wildman–Crippen LogP) is 2.81. The summed E-state index contributed by atoms with van der Waals surface area (Å²) in [7, 11) is -3.12. The van der Waals surface area contributed by atoms with Crippen LogP contribution in [0.1, 0.15) is 45.2 Å². The fourth-order valence-corrected chi connectivity index (χ4v) is 2.73. The van der Waals surface area contributed by atoms with E-state index in [9.17, 15) is 8.42 Å². The minimum absolute atomic E-state index is 0.125. The minimum atomic E-state index is -3.12. The fourth-order valence-electron chi connectivity index (χ4n) is 1.66. The van der Waals surface area contributed by atoms with E-state index in [0.717, 1.165) is 5.56 Å². The summed E-state index contributed by atoms with van der Waals surface area (Å²) in [5, 5.41) is 0. The van der Waals surface area contributed by atoms with Crippen molar-refractivity contribution in [1.29, 1.82) is 0 Å². The van der Waals surface area contributed by atoms with E-state index < -0.39 is 10.0 Å². The molecule has 0 atom stereocenters. The summed E-state index contributed by atoms with van der Waals surface area (Å²) in [6.45, 7) is 8.70. The quantitative estimate of drug-likeness (QED) is 0.893. The number of sulfonamides is 1. The smallest absolute Gasteiger partial charge is 0.211 e. The van der Waals surface area contributed by atoms with Crippen LogP contribution in [0.25, 0.3) is 0 Å². The second-order valence-electron chi connectivity index (χ2n) is 5.59. The van der Waals surface area contributed by atoms with E-state index in [0.29, 0.717) is 13.0 Å². The van der Waals surface area contributed by atoms with Crippen molar-refractivity contribution in [2.45, 2.75) is 46.1 Å². The Morgan fingerprint density at radius 2 is 1.67 bits per heavy atom. The van der Waals surface area contributed by atoms with Gasteiger partial charge in [-0.1, -0.05) is 52.0 Å². The maximum atomic E-state index is 11.5. The summed E-state index contributed by atoms with van der Waals surface area (Å²) >= 11 is 0. The van der Waals surface area contributed by atoms with Crippen molar-refractivity contribution in [2.75, 3.05) is 5.75 Å². The Labute approximate surface area is 111 Å². The number of hydrogen-bond donors (Lipinski definition) is 1. The molecule has 0 radical (unpaired) electrons. The summed E-state index contributed by atoms with van der Waals surface area (Å²) < 4.78 is 25.6. The van der Waals surface area contributed by atoms with E-state index in [1.807, 2.05) is 19.1 Å². The molecule has 102 valence electrons. The summed E-state index contributed by atoms with van der Waals surface area (Å²) in [5.41, 5.74) is 2.37. The average molecular weight is 269 g/mol. The second-order valence-corrected chi connectivity index (χ2v) is 7.51. The van der Waals surface area contributed by atoms with Crippen molar-refractivity contribution >= 4 is 10.0 Å². The van der Waals surface area contributed by atoms with Crippen molar-refractivity contribution in [3.8, 4) is 0 Å². The maximum absolute atomic E-state index is 11.5. The van der Waals surface area contributed by atoms with Crippen LogP contribution in [0.4, 0.5) is 0 Å². The lowest BCUT2D eigenvalue weighted by atomic mass is 9.87. The maximum Gasteiger partial charge on any atom is 0.211 e. The van der Waals surface area contributed by atoms with Crippen LogP contribution in [-0.4, -0.2) is 14.2 Å². The molecular formula is C14H23NO2S. The predicted molar refractivity (Wildman–Crippen MR) is 76.1 cm³/mol. The minimum Gasteiger partial charge on any atom is -0.212 e. The Bertz CT molecular complexity index is 470. The standard InChI is InChI=1S/C14H23NO2S/c1-5-10-18(16,17)15-11-12-6-8-13(9-7-12)14(2,3)4/h6-9,15H,5,10-11H2,1-4H3. The zero-order chi connectivity index (χ0) is 13.8. The van der Waals surface area contributed by atoms with Gasteiger partial charge >= 0.3 is 0 Å². The highest BCUT2D eigenvalue weighted by Gasteiger charge is 2.13. The van der Waals surface area contributed by atoms with Crippen molar-refractivity contribution in [3.05, 3.63) is 35.4 Å². The van der Waals surface area contributed by atoms with Crippen LogP contribution in [0.5, 0.6) is 0 Å². The molecule has 1 aromatic rings. The molecule has 0 saturated carbocycles. The van der Waals surface area contributed by atoms with E-state index in [1.165, 1.54) is 5.56 Å². The third-order valence-electron chi connectivity index (χ3n) is 2.79. The second kappa shape index (κ2) is 5.85. The molecule has 0 aliphatic carbocycles. The molecule has 0 unspecified atom stereocenters. The zero-order valence-corrected chi connectivity index (χ0v) is 12.5. The summed E-state index contributed by atoms with van der Waals surface area (Å²) in [4.78, 5) is 0. The molecule has 1 N–H and O–H groups in total. The van der Waals surface area contributed by atoms with Gasteiger partial charge in [0.25, 0.3) is 0 Å². The van der Waals surface area contributed by atoms with Gasteiger partial charge in [-0.25, -0.2) is 13.1 Å². The first kappa shape index (κ1) is 15.2. The van der Waals surface area contributed by atoms with Gasteiger partial charge in [0.2, 0.25) is 10.0 Å². The van der Waals surface area contributed by atoms with Crippen molar-refractivity contribution in [1.82, 2.24) is 4.72 Å². The van der Waals surface area contributed by atoms with Crippen LogP contribution >= 0.6 is 0 Å². The number of nitrogens with one attached hydrogen (secondary N) is 1. The summed E-state index contributed by atoms with van der Waals surface area (Å²) in [6, 6.07) is 8.08. The molecule has 0 saturated heterocycles. The van der Waals surface area contributed by atoms with Crippen LogP contribution in [0, 0.1) is 0 Å². The van der Waals surface area contributed by atoms with Crippen molar-refractivity contribution in [3.63, 3.8) is 0 Å². The third-order valence-corrected chi connectivity index (χ3v) is 4.32. The van der Waals surface area contributed by atoms with Gasteiger partial charge in [0, 0.05) is 6.54 Å². The lowest BCUT2D eigenvalue weighted by Crippen LogP contribution is -2.25. The van der Waals surface area contributed by atoms with Crippen LogP contribution in [0.15, 0.2) is 24.3 Å². The van der Waals surface area contributed by atoms with Crippen LogP contribution < -0.4 is 4.72 Å². The van der Waals surface area contributed by atoms with E-state index >= 15 is 0 Å². The van der Waals surface area contributed by atoms with E-state index in [-0.39, 0.29) is 11.2 Å². The highest BCUT2D eigenvalue weighted by molar-refractivity contribution is 7.89. The molecule has 0 aromatic heterocycles. The molecule has 0 aliphatic rings. The van der Waals surface area contributed by atoms with Crippen LogP contribution in [0.2, 0.25) is 0 Å². The fraction of sp³-hybridized carbons (Fsp3) is 0.571. The van der Waals surface area contributed by atoms with Crippen molar-refractivity contribution < 1.29 is 8.42 Å². The molecule has 0 amide bonds. The van der Waals surface area contributed by atoms with Gasteiger partial charge < -0.3 is 0 Å². The van der Waals surface area contributed by atoms with Gasteiger partial charge in [-0.3, -0.25) is 0 Å². The average Bonchev–Trinajstić information content (AvgIpc) is 2.26. The first-order valence-electron chi connectivity index (χ1n) is 6.31. The number of rotatable bonds is 5.